The van der Waals surface area contributed by atoms with Gasteiger partial charge in [0.1, 0.15) is 6.67 Å². The van der Waals surface area contributed by atoms with Crippen molar-refractivity contribution < 1.29 is 4.39 Å². The van der Waals surface area contributed by atoms with Crippen LogP contribution in [-0.4, -0.2) is 37.3 Å². The van der Waals surface area contributed by atoms with E-state index in [-0.39, 0.29) is 6.67 Å². The van der Waals surface area contributed by atoms with Crippen LogP contribution in [0.15, 0.2) is 0 Å². The Hall–Kier alpha value is -0.150. The lowest BCUT2D eigenvalue weighted by Gasteiger charge is -2.52. The van der Waals surface area contributed by atoms with E-state index in [0.29, 0.717) is 24.4 Å². The fourth-order valence-electron chi connectivity index (χ4n) is 2.32. The largest absolute Gasteiger partial charge is 0.327 e. The molecule has 3 rings (SSSR count). The Morgan fingerprint density at radius 2 is 2.00 bits per heavy atom. The molecule has 2 N–H and O–H groups in total. The van der Waals surface area contributed by atoms with Crippen LogP contribution < -0.4 is 5.73 Å². The number of nitrogens with two attached hydrogens (primary N) is 1. The molecule has 0 radical (unpaired) electrons. The van der Waals surface area contributed by atoms with Crippen LogP contribution in [0.4, 0.5) is 4.39 Å². The summed E-state index contributed by atoms with van der Waals surface area (Å²) in [6.07, 6.45) is 1.28. The highest BCUT2D eigenvalue weighted by Crippen LogP contribution is 2.38. The number of hydrogen-bond acceptors (Lipinski definition) is 2. The van der Waals surface area contributed by atoms with Crippen molar-refractivity contribution in [1.82, 2.24) is 4.90 Å². The molecule has 2 unspecified atom stereocenters. The van der Waals surface area contributed by atoms with Gasteiger partial charge >= 0.3 is 0 Å². The molecule has 64 valence electrons. The Morgan fingerprint density at radius 1 is 1.36 bits per heavy atom. The van der Waals surface area contributed by atoms with Crippen LogP contribution in [0.2, 0.25) is 0 Å². The molecule has 2 nitrogen and oxygen atoms in total. The van der Waals surface area contributed by atoms with E-state index >= 15 is 0 Å². The second kappa shape index (κ2) is 2.72. The number of nitrogens with zero attached hydrogens (tertiary/aromatic N) is 1. The molecule has 11 heavy (non-hydrogen) atoms. The van der Waals surface area contributed by atoms with Crippen LogP contribution in [0, 0.1) is 11.8 Å². The van der Waals surface area contributed by atoms with Crippen LogP contribution >= 0.6 is 0 Å². The molecule has 2 bridgehead atoms. The molecule has 0 spiro atoms. The number of fused-ring (bicyclic) bond motifs is 2. The van der Waals surface area contributed by atoms with E-state index in [1.165, 1.54) is 6.42 Å². The first kappa shape index (κ1) is 7.50. The Morgan fingerprint density at radius 3 is 2.45 bits per heavy atom. The number of alkyl halides is 1. The maximum absolute atomic E-state index is 11.9. The van der Waals surface area contributed by atoms with Gasteiger partial charge < -0.3 is 10.6 Å². The molecule has 3 aliphatic rings. The van der Waals surface area contributed by atoms with Gasteiger partial charge in [-0.1, -0.05) is 0 Å². The summed E-state index contributed by atoms with van der Waals surface area (Å²) in [4.78, 5) is 2.20. The molecule has 1 saturated carbocycles. The lowest BCUT2D eigenvalue weighted by atomic mass is 9.67. The number of piperidine rings is 2. The number of halogens is 1. The first-order valence-corrected chi connectivity index (χ1v) is 4.35. The Bertz CT molecular complexity index is 139. The van der Waals surface area contributed by atoms with Crippen molar-refractivity contribution >= 4 is 0 Å². The normalized spacial score (nSPS) is 43.6. The minimum Gasteiger partial charge on any atom is -0.327 e. The van der Waals surface area contributed by atoms with Crippen molar-refractivity contribution in [3.63, 3.8) is 0 Å². The molecule has 2 aliphatic heterocycles. The van der Waals surface area contributed by atoms with Crippen LogP contribution in [0.25, 0.3) is 0 Å². The van der Waals surface area contributed by atoms with Crippen molar-refractivity contribution in [3.8, 4) is 0 Å². The lowest BCUT2D eigenvalue weighted by Crippen LogP contribution is -2.62. The SMILES string of the molecule is NC1C2CC1CN(CCF)C2. The summed E-state index contributed by atoms with van der Waals surface area (Å²) < 4.78 is 11.9. The predicted octanol–water partition coefficient (Wildman–Crippen LogP) is 0.235. The molecular weight excluding hydrogens is 143 g/mol. The van der Waals surface area contributed by atoms with Gasteiger partial charge in [0.2, 0.25) is 0 Å². The molecule has 2 heterocycles. The molecule has 0 amide bonds. The molecule has 2 saturated heterocycles. The van der Waals surface area contributed by atoms with E-state index in [0.717, 1.165) is 13.1 Å². The monoisotopic (exact) mass is 158 g/mol. The summed E-state index contributed by atoms with van der Waals surface area (Å²) in [5.41, 5.74) is 5.87. The number of hydrogen-bond donors (Lipinski definition) is 1. The summed E-state index contributed by atoms with van der Waals surface area (Å²) in [5, 5.41) is 0. The van der Waals surface area contributed by atoms with Crippen LogP contribution in [-0.2, 0) is 0 Å². The zero-order valence-corrected chi connectivity index (χ0v) is 6.67. The highest BCUT2D eigenvalue weighted by molar-refractivity contribution is 4.99. The van der Waals surface area contributed by atoms with Gasteiger partial charge in [-0.05, 0) is 18.3 Å². The van der Waals surface area contributed by atoms with Gasteiger partial charge in [-0.3, -0.25) is 0 Å². The van der Waals surface area contributed by atoms with E-state index in [4.69, 9.17) is 5.73 Å². The maximum atomic E-state index is 11.9. The van der Waals surface area contributed by atoms with E-state index in [1.807, 2.05) is 0 Å². The van der Waals surface area contributed by atoms with E-state index in [9.17, 15) is 4.39 Å². The number of rotatable bonds is 2. The second-order valence-corrected chi connectivity index (χ2v) is 3.78. The van der Waals surface area contributed by atoms with E-state index in [1.54, 1.807) is 0 Å². The van der Waals surface area contributed by atoms with Gasteiger partial charge in [-0.25, -0.2) is 4.39 Å². The lowest BCUT2D eigenvalue weighted by molar-refractivity contribution is 0.000618. The topological polar surface area (TPSA) is 29.3 Å². The molecular formula is C8H15FN2. The molecule has 3 heteroatoms. The smallest absolute Gasteiger partial charge is 0.102 e. The fraction of sp³-hybridized carbons (Fsp3) is 1.00. The van der Waals surface area contributed by atoms with Crippen LogP contribution in [0.3, 0.4) is 0 Å². The summed E-state index contributed by atoms with van der Waals surface area (Å²) in [6, 6.07) is 0.422. The summed E-state index contributed by atoms with van der Waals surface area (Å²) >= 11 is 0. The minimum atomic E-state index is -0.214. The molecule has 0 aromatic carbocycles. The second-order valence-electron chi connectivity index (χ2n) is 3.78. The average Bonchev–Trinajstić information content (AvgIpc) is 2.05. The molecule has 2 atom stereocenters. The highest BCUT2D eigenvalue weighted by atomic mass is 19.1. The van der Waals surface area contributed by atoms with Gasteiger partial charge in [0.05, 0.1) is 0 Å². The van der Waals surface area contributed by atoms with Crippen molar-refractivity contribution in [2.24, 2.45) is 17.6 Å². The van der Waals surface area contributed by atoms with Gasteiger partial charge in [0, 0.05) is 25.7 Å². The summed E-state index contributed by atoms with van der Waals surface area (Å²) in [5.74, 6) is 1.33. The molecule has 0 aromatic rings. The minimum absolute atomic E-state index is 0.214. The van der Waals surface area contributed by atoms with Crippen molar-refractivity contribution in [2.45, 2.75) is 12.5 Å². The van der Waals surface area contributed by atoms with Crippen molar-refractivity contribution in [1.29, 1.82) is 0 Å². The highest BCUT2D eigenvalue weighted by Gasteiger charge is 2.43. The third kappa shape index (κ3) is 1.16. The van der Waals surface area contributed by atoms with E-state index < -0.39 is 0 Å². The first-order chi connectivity index (χ1) is 5.31. The third-order valence-electron chi connectivity index (χ3n) is 3.08. The molecule has 3 fully saturated rings. The predicted molar refractivity (Wildman–Crippen MR) is 42.0 cm³/mol. The maximum Gasteiger partial charge on any atom is 0.102 e. The third-order valence-corrected chi connectivity index (χ3v) is 3.08. The standard InChI is InChI=1S/C8H15FN2/c9-1-2-11-4-6-3-7(5-11)8(6)10/h6-8H,1-5,10H2. The average molecular weight is 158 g/mol. The van der Waals surface area contributed by atoms with Gasteiger partial charge in [0.15, 0.2) is 0 Å². The summed E-state index contributed by atoms with van der Waals surface area (Å²) in [7, 11) is 0. The Balaban J connectivity index is 1.84. The quantitative estimate of drug-likeness (QED) is 0.623. The molecule has 0 aromatic heterocycles. The Kier molecular flexibility index (Phi) is 1.85. The van der Waals surface area contributed by atoms with Crippen molar-refractivity contribution in [3.05, 3.63) is 0 Å². The molecule has 1 aliphatic carbocycles. The zero-order valence-electron chi connectivity index (χ0n) is 6.67. The fourth-order valence-corrected chi connectivity index (χ4v) is 2.32. The van der Waals surface area contributed by atoms with Crippen molar-refractivity contribution in [2.75, 3.05) is 26.3 Å². The van der Waals surface area contributed by atoms with Crippen LogP contribution in [0.1, 0.15) is 6.42 Å². The first-order valence-electron chi connectivity index (χ1n) is 4.35. The van der Waals surface area contributed by atoms with Crippen LogP contribution in [0.5, 0.6) is 0 Å². The summed E-state index contributed by atoms with van der Waals surface area (Å²) in [6.45, 7) is 2.46. The van der Waals surface area contributed by atoms with Gasteiger partial charge in [-0.2, -0.15) is 0 Å². The Labute approximate surface area is 66.5 Å². The van der Waals surface area contributed by atoms with Gasteiger partial charge in [-0.15, -0.1) is 0 Å². The zero-order chi connectivity index (χ0) is 7.84. The van der Waals surface area contributed by atoms with Gasteiger partial charge in [0.25, 0.3) is 0 Å². The van der Waals surface area contributed by atoms with E-state index in [2.05, 4.69) is 4.90 Å².